The van der Waals surface area contributed by atoms with Crippen molar-refractivity contribution >= 4 is 52.6 Å². The molecule has 0 N–H and O–H groups in total. The van der Waals surface area contributed by atoms with E-state index in [1.807, 2.05) is 0 Å². The Morgan fingerprint density at radius 3 is 1.92 bits per heavy atom. The van der Waals surface area contributed by atoms with Gasteiger partial charge in [-0.15, -0.1) is 0 Å². The van der Waals surface area contributed by atoms with Gasteiger partial charge in [0.2, 0.25) is 0 Å². The molecule has 1 aliphatic heterocycles. The molecule has 1 aliphatic rings. The summed E-state index contributed by atoms with van der Waals surface area (Å²) < 4.78 is 0. The maximum absolute atomic E-state index is 12.5. The van der Waals surface area contributed by atoms with E-state index in [1.165, 1.54) is 0 Å². The normalized spacial score (nSPS) is 14.6. The second kappa shape index (κ2) is 7.04. The number of halogens is 3. The number of urea groups is 1. The van der Waals surface area contributed by atoms with E-state index in [0.29, 0.717) is 26.2 Å². The molecule has 2 aromatic rings. The Bertz CT molecular complexity index is 865. The van der Waals surface area contributed by atoms with Crippen LogP contribution in [0.3, 0.4) is 0 Å². The SMILES string of the molecule is O=C1C(=O)N(Cc2c(Cl)cccc2Cl)C(=O)N1Cc1cccc(Cl)c1. The quantitative estimate of drug-likeness (QED) is 0.575. The molecule has 0 radical (unpaired) electrons. The van der Waals surface area contributed by atoms with Gasteiger partial charge >= 0.3 is 17.8 Å². The summed E-state index contributed by atoms with van der Waals surface area (Å²) in [7, 11) is 0. The number of hydrogen-bond donors (Lipinski definition) is 0. The van der Waals surface area contributed by atoms with Crippen LogP contribution in [0.15, 0.2) is 42.5 Å². The molecule has 0 atom stereocenters. The number of amides is 4. The van der Waals surface area contributed by atoms with Crippen LogP contribution in [0.1, 0.15) is 11.1 Å². The van der Waals surface area contributed by atoms with Crippen molar-refractivity contribution in [3.05, 3.63) is 68.7 Å². The predicted octanol–water partition coefficient (Wildman–Crippen LogP) is 4.14. The van der Waals surface area contributed by atoms with Gasteiger partial charge in [0.15, 0.2) is 0 Å². The minimum atomic E-state index is -0.914. The molecule has 128 valence electrons. The van der Waals surface area contributed by atoms with E-state index in [9.17, 15) is 14.4 Å². The van der Waals surface area contributed by atoms with Crippen molar-refractivity contribution in [2.75, 3.05) is 0 Å². The molecular weight excluding hydrogens is 387 g/mol. The third-order valence-corrected chi connectivity index (χ3v) is 4.69. The molecule has 1 saturated heterocycles. The average Bonchev–Trinajstić information content (AvgIpc) is 2.76. The highest BCUT2D eigenvalue weighted by Crippen LogP contribution is 2.28. The minimum Gasteiger partial charge on any atom is -0.263 e. The molecule has 0 spiro atoms. The Morgan fingerprint density at radius 1 is 0.760 bits per heavy atom. The molecule has 0 saturated carbocycles. The fraction of sp³-hybridized carbons (Fsp3) is 0.118. The van der Waals surface area contributed by atoms with Crippen LogP contribution in [-0.4, -0.2) is 27.6 Å². The molecule has 4 amide bonds. The first kappa shape index (κ1) is 17.7. The predicted molar refractivity (Wildman–Crippen MR) is 94.4 cm³/mol. The fourth-order valence-corrected chi connectivity index (χ4v) is 3.22. The number of rotatable bonds is 4. The van der Waals surface area contributed by atoms with Gasteiger partial charge in [-0.05, 0) is 29.8 Å². The first-order chi connectivity index (χ1) is 11.9. The van der Waals surface area contributed by atoms with E-state index in [2.05, 4.69) is 0 Å². The van der Waals surface area contributed by atoms with Gasteiger partial charge in [0, 0.05) is 20.6 Å². The highest BCUT2D eigenvalue weighted by molar-refractivity contribution is 6.44. The Hall–Kier alpha value is -2.08. The fourth-order valence-electron chi connectivity index (χ4n) is 2.49. The van der Waals surface area contributed by atoms with E-state index in [-0.39, 0.29) is 13.1 Å². The first-order valence-corrected chi connectivity index (χ1v) is 8.36. The molecular formula is C17H11Cl3N2O3. The van der Waals surface area contributed by atoms with Gasteiger partial charge in [-0.25, -0.2) is 4.79 Å². The van der Waals surface area contributed by atoms with Crippen molar-refractivity contribution < 1.29 is 14.4 Å². The summed E-state index contributed by atoms with van der Waals surface area (Å²) in [6, 6.07) is 10.8. The van der Waals surface area contributed by atoms with Crippen LogP contribution >= 0.6 is 34.8 Å². The minimum absolute atomic E-state index is 0.0449. The zero-order valence-corrected chi connectivity index (χ0v) is 15.0. The van der Waals surface area contributed by atoms with E-state index in [4.69, 9.17) is 34.8 Å². The summed E-state index contributed by atoms with van der Waals surface area (Å²) in [6.07, 6.45) is 0. The van der Waals surface area contributed by atoms with Crippen LogP contribution in [0.5, 0.6) is 0 Å². The number of carbonyl (C=O) groups excluding carboxylic acids is 3. The van der Waals surface area contributed by atoms with Gasteiger partial charge in [-0.1, -0.05) is 53.0 Å². The molecule has 3 rings (SSSR count). The van der Waals surface area contributed by atoms with Crippen LogP contribution in [0.2, 0.25) is 15.1 Å². The molecule has 5 nitrogen and oxygen atoms in total. The van der Waals surface area contributed by atoms with Crippen LogP contribution in [0, 0.1) is 0 Å². The zero-order valence-electron chi connectivity index (χ0n) is 12.7. The topological polar surface area (TPSA) is 57.7 Å². The third-order valence-electron chi connectivity index (χ3n) is 3.74. The summed E-state index contributed by atoms with van der Waals surface area (Å²) in [5.74, 6) is -1.81. The van der Waals surface area contributed by atoms with Crippen molar-refractivity contribution in [2.24, 2.45) is 0 Å². The summed E-state index contributed by atoms with van der Waals surface area (Å²) in [5.41, 5.74) is 1.05. The van der Waals surface area contributed by atoms with Crippen molar-refractivity contribution in [3.8, 4) is 0 Å². The molecule has 0 bridgehead atoms. The Balaban J connectivity index is 1.84. The summed E-state index contributed by atoms with van der Waals surface area (Å²) in [5, 5.41) is 1.10. The largest absolute Gasteiger partial charge is 0.334 e. The smallest absolute Gasteiger partial charge is 0.263 e. The third kappa shape index (κ3) is 3.49. The number of carbonyl (C=O) groups is 3. The Morgan fingerprint density at radius 2 is 1.32 bits per heavy atom. The maximum Gasteiger partial charge on any atom is 0.334 e. The first-order valence-electron chi connectivity index (χ1n) is 7.23. The van der Waals surface area contributed by atoms with Crippen molar-refractivity contribution in [2.45, 2.75) is 13.1 Å². The molecule has 0 aromatic heterocycles. The lowest BCUT2D eigenvalue weighted by atomic mass is 10.2. The second-order valence-corrected chi connectivity index (χ2v) is 6.65. The Labute approximate surface area is 158 Å². The van der Waals surface area contributed by atoms with E-state index < -0.39 is 17.8 Å². The van der Waals surface area contributed by atoms with E-state index >= 15 is 0 Å². The van der Waals surface area contributed by atoms with Crippen LogP contribution in [0.4, 0.5) is 4.79 Å². The molecule has 2 aromatic carbocycles. The van der Waals surface area contributed by atoms with Crippen molar-refractivity contribution in [1.29, 1.82) is 0 Å². The molecule has 0 aliphatic carbocycles. The number of hydrogen-bond acceptors (Lipinski definition) is 3. The molecule has 1 heterocycles. The second-order valence-electron chi connectivity index (χ2n) is 5.40. The standard InChI is InChI=1S/C17H11Cl3N2O3/c18-11-4-1-3-10(7-11)8-21-15(23)16(24)22(17(21)25)9-12-13(19)5-2-6-14(12)20/h1-7H,8-9H2. The van der Waals surface area contributed by atoms with Crippen LogP contribution in [-0.2, 0) is 22.7 Å². The lowest BCUT2D eigenvalue weighted by Gasteiger charge is -2.17. The summed E-state index contributed by atoms with van der Waals surface area (Å²) in [6.45, 7) is -0.218. The molecule has 0 unspecified atom stereocenters. The van der Waals surface area contributed by atoms with Gasteiger partial charge in [0.25, 0.3) is 0 Å². The molecule has 8 heteroatoms. The lowest BCUT2D eigenvalue weighted by molar-refractivity contribution is -0.143. The monoisotopic (exact) mass is 396 g/mol. The zero-order chi connectivity index (χ0) is 18.1. The van der Waals surface area contributed by atoms with Gasteiger partial charge < -0.3 is 0 Å². The maximum atomic E-state index is 12.5. The van der Waals surface area contributed by atoms with Gasteiger partial charge in [-0.2, -0.15) is 0 Å². The van der Waals surface area contributed by atoms with Crippen LogP contribution in [0.25, 0.3) is 0 Å². The summed E-state index contributed by atoms with van der Waals surface area (Å²) in [4.78, 5) is 38.6. The van der Waals surface area contributed by atoms with E-state index in [1.54, 1.807) is 42.5 Å². The lowest BCUT2D eigenvalue weighted by Crippen LogP contribution is -2.32. The van der Waals surface area contributed by atoms with Gasteiger partial charge in [0.1, 0.15) is 0 Å². The van der Waals surface area contributed by atoms with E-state index in [0.717, 1.165) is 9.80 Å². The van der Waals surface area contributed by atoms with Crippen LogP contribution < -0.4 is 0 Å². The van der Waals surface area contributed by atoms with Gasteiger partial charge in [-0.3, -0.25) is 19.4 Å². The highest BCUT2D eigenvalue weighted by Gasteiger charge is 2.44. The summed E-state index contributed by atoms with van der Waals surface area (Å²) >= 11 is 18.1. The average molecular weight is 398 g/mol. The highest BCUT2D eigenvalue weighted by atomic mass is 35.5. The number of nitrogens with zero attached hydrogens (tertiary/aromatic N) is 2. The Kier molecular flexibility index (Phi) is 4.99. The van der Waals surface area contributed by atoms with Gasteiger partial charge in [0.05, 0.1) is 13.1 Å². The van der Waals surface area contributed by atoms with Crippen molar-refractivity contribution in [3.63, 3.8) is 0 Å². The van der Waals surface area contributed by atoms with Crippen molar-refractivity contribution in [1.82, 2.24) is 9.80 Å². The molecule has 1 fully saturated rings. The molecule has 25 heavy (non-hydrogen) atoms. The number of benzene rings is 2. The number of imide groups is 2.